The molecule has 14 nitrogen and oxygen atoms in total. The van der Waals surface area contributed by atoms with Crippen LogP contribution in [0.25, 0.3) is 64.6 Å². The number of hydrogen-bond donors (Lipinski definition) is 6. The van der Waals surface area contributed by atoms with Gasteiger partial charge in [0.15, 0.2) is 0 Å². The molecule has 9 atom stereocenters. The number of halogens is 6. The van der Waals surface area contributed by atoms with Gasteiger partial charge in [-0.05, 0) is 292 Å². The van der Waals surface area contributed by atoms with Crippen LogP contribution in [0.5, 0.6) is 34.5 Å². The van der Waals surface area contributed by atoms with E-state index < -0.39 is 0 Å². The zero-order valence-corrected chi connectivity index (χ0v) is 96.6. The van der Waals surface area contributed by atoms with E-state index in [1.807, 2.05) is 94.9 Å². The van der Waals surface area contributed by atoms with E-state index in [1.165, 1.54) is 55.6 Å². The number of hydrogen-bond acceptors (Lipinski definition) is 14. The van der Waals surface area contributed by atoms with E-state index in [2.05, 4.69) is 333 Å². The molecule has 6 aliphatic heterocycles. The molecule has 774 valence electrons. The molecule has 0 radical (unpaired) electrons. The zero-order chi connectivity index (χ0) is 106. The van der Waals surface area contributed by atoms with E-state index in [0.29, 0.717) is 75.8 Å². The third-order valence-electron chi connectivity index (χ3n) is 30.4. The summed E-state index contributed by atoms with van der Waals surface area (Å²) >= 11 is 38.7. The van der Waals surface area contributed by atoms with Gasteiger partial charge in [0.25, 0.3) is 0 Å². The molecule has 12 aromatic carbocycles. The number of fused-ring (bicyclic) bond motifs is 18. The third-order valence-corrected chi connectivity index (χ3v) is 32.5. The van der Waals surface area contributed by atoms with Crippen LogP contribution in [-0.4, -0.2) is 165 Å². The number of aromatic hydroxyl groups is 6. The van der Waals surface area contributed by atoms with E-state index in [9.17, 15) is 30.6 Å². The summed E-state index contributed by atoms with van der Waals surface area (Å²) in [6.45, 7) is 73.5. The van der Waals surface area contributed by atoms with E-state index in [4.69, 9.17) is 69.6 Å². The first-order valence-electron chi connectivity index (χ1n) is 51.5. The summed E-state index contributed by atoms with van der Waals surface area (Å²) in [5.74, 6) is 6.47. The van der Waals surface area contributed by atoms with Crippen molar-refractivity contribution in [3.05, 3.63) is 201 Å². The standard InChI is InChI=1S/C22H30ClNO.2C21H28ClNO.C20H27ClN2O.C20H26ClNO.C19H25ClN2O/c1-13(23)17-12-24(22(5,6)7)18-11-19(25)15-9-8-14(21(2,3)4)10-16(15)20(17)18;1-20(2,3)14-7-8-15-16(9-14)19-13(11-22)12-23(21(4,5)6)17(19)10-18(15)24;1-12(2)14-7-8-15-16(9-14)20-17(13(3)22)11-23(21(4,5)6)18(20)10-19(15)24;1-12(21)16-11-23(20(2,3)4)17-10-18(24)14-8-7-13(22(5)6)9-15(14)19(16)17;1-12(2)13-6-7-15-16(8-13)19-14(10-21)11-22(20(3,4)5)17(19)9-18(15)23;1-19(2,3)22-11-12(10-20)18-15-8-13(21(4)5)6-7-14(15)17(23)9-16(18)22/h8-11,13,17,25H,12H2,1-7H3;7-10,13,24H,11-12H2,1-6H3;7-10,12-13,17,24H,11H2,1-6H3;7-10,12,16,24H,11H2,1-6H3;6-9,12,14,23H,10-11H2,1-5H3;6-9,12,23H,10-11H2,1-5H3/t13-,17+;13-;13-,17+;12-,16+;14-;12-/m111111/s1. The number of anilines is 8. The maximum absolute atomic E-state index is 10.7. The average Bonchev–Trinajstić information content (AvgIpc) is 1.58. The Hall–Kier alpha value is -8.86. The minimum absolute atomic E-state index is 0.00267. The lowest BCUT2D eigenvalue weighted by molar-refractivity contribution is 0.478. The first-order valence-corrected chi connectivity index (χ1v) is 54.4. The predicted octanol–water partition coefficient (Wildman–Crippen LogP) is 33.1. The third kappa shape index (κ3) is 22.5. The van der Waals surface area contributed by atoms with Gasteiger partial charge >= 0.3 is 0 Å². The van der Waals surface area contributed by atoms with Gasteiger partial charge in [-0.25, -0.2) is 0 Å². The lowest BCUT2D eigenvalue weighted by atomic mass is 9.83. The van der Waals surface area contributed by atoms with Crippen molar-refractivity contribution >= 4 is 180 Å². The summed E-state index contributed by atoms with van der Waals surface area (Å²) in [6, 6.07) is 49.7. The number of benzene rings is 12. The van der Waals surface area contributed by atoms with Crippen LogP contribution >= 0.6 is 69.6 Å². The summed E-state index contributed by atoms with van der Waals surface area (Å²) in [6.07, 6.45) is 0. The van der Waals surface area contributed by atoms with Crippen molar-refractivity contribution in [1.82, 2.24) is 0 Å². The molecule has 0 saturated carbocycles. The normalized spacial score (nSPS) is 18.6. The molecule has 6 heterocycles. The molecule has 0 unspecified atom stereocenters. The number of alkyl halides is 6. The maximum Gasteiger partial charge on any atom is 0.125 e. The molecule has 6 aliphatic rings. The van der Waals surface area contributed by atoms with Crippen molar-refractivity contribution in [1.29, 1.82) is 0 Å². The Kier molecular flexibility index (Phi) is 32.2. The van der Waals surface area contributed by atoms with E-state index >= 15 is 0 Å². The van der Waals surface area contributed by atoms with Gasteiger partial charge in [-0.1, -0.05) is 142 Å². The molecular formula is C123H164Cl6N8O6. The minimum atomic E-state index is -0.0193. The van der Waals surface area contributed by atoms with Crippen LogP contribution < -0.4 is 39.2 Å². The second-order valence-corrected chi connectivity index (χ2v) is 53.2. The van der Waals surface area contributed by atoms with Crippen LogP contribution in [0.1, 0.15) is 318 Å². The van der Waals surface area contributed by atoms with Crippen LogP contribution in [0.3, 0.4) is 0 Å². The smallest absolute Gasteiger partial charge is 0.125 e. The average molecular weight is 2060 g/mol. The van der Waals surface area contributed by atoms with Gasteiger partial charge in [0.2, 0.25) is 0 Å². The van der Waals surface area contributed by atoms with Gasteiger partial charge in [-0.15, -0.1) is 69.6 Å². The topological polar surface area (TPSA) is 147 Å². The van der Waals surface area contributed by atoms with E-state index in [0.717, 1.165) is 149 Å². The van der Waals surface area contributed by atoms with Crippen molar-refractivity contribution in [2.45, 2.75) is 322 Å². The van der Waals surface area contributed by atoms with Gasteiger partial charge in [-0.2, -0.15) is 0 Å². The first-order chi connectivity index (χ1) is 66.1. The highest BCUT2D eigenvalue weighted by atomic mass is 35.5. The monoisotopic (exact) mass is 2060 g/mol. The summed E-state index contributed by atoms with van der Waals surface area (Å²) in [7, 11) is 8.13. The SMILES string of the molecule is CC(C)(C)c1ccc2c(O)cc3c(c2c1)[C@H](CCl)CN3C(C)(C)C.CC(C)c1ccc2c(O)cc3c(c2c1)[C@H](CCl)CN3C(C)(C)C.CC(C)c1ccc2c(O)cc3c(c2c1)[C@H]([C@@H](C)Cl)CN3C(C)(C)C.CN(C)c1ccc2c(O)cc3c(c2c1)[C@H](CCl)CN3C(C)(C)C.C[C@@H](Cl)[C@@H]1CN(C(C)(C)C)c2cc(O)c3ccc(C(C)(C)C)cc3c21.C[C@@H](Cl)[C@@H]1CN(C(C)(C)C)c2cc(O)c3ccc(N(C)C)cc3c21. The zero-order valence-electron chi connectivity index (χ0n) is 92.1. The summed E-state index contributed by atoms with van der Waals surface area (Å²) in [5.41, 5.74) is 22.0. The van der Waals surface area contributed by atoms with Gasteiger partial charge in [0.1, 0.15) is 34.5 Å². The van der Waals surface area contributed by atoms with Crippen LogP contribution in [0.15, 0.2) is 146 Å². The Balaban J connectivity index is 0.000000144. The molecule has 0 aliphatic carbocycles. The Bertz CT molecular complexity index is 6440. The molecule has 12 aromatic rings. The Labute approximate surface area is 885 Å². The Morgan fingerprint density at radius 1 is 0.259 bits per heavy atom. The number of rotatable bonds is 10. The molecule has 18 rings (SSSR count). The second kappa shape index (κ2) is 41.3. The molecule has 0 saturated heterocycles. The van der Waals surface area contributed by atoms with Crippen molar-refractivity contribution in [3.63, 3.8) is 0 Å². The number of phenols is 6. The fraction of sp³-hybridized carbons (Fsp3) is 0.512. The van der Waals surface area contributed by atoms with Crippen LogP contribution in [-0.2, 0) is 10.8 Å². The van der Waals surface area contributed by atoms with Crippen LogP contribution in [0, 0.1) is 0 Å². The lowest BCUT2D eigenvalue weighted by Crippen LogP contribution is -2.41. The highest BCUT2D eigenvalue weighted by Gasteiger charge is 2.46. The molecule has 6 N–H and O–H groups in total. The largest absolute Gasteiger partial charge is 0.507 e. The molecule has 0 fully saturated rings. The van der Waals surface area contributed by atoms with Crippen molar-refractivity contribution in [3.8, 4) is 34.5 Å². The molecule has 0 aromatic heterocycles. The van der Waals surface area contributed by atoms with Gasteiger partial charge in [0, 0.05) is 284 Å². The highest BCUT2D eigenvalue weighted by molar-refractivity contribution is 6.23. The van der Waals surface area contributed by atoms with Crippen molar-refractivity contribution in [2.75, 3.05) is 124 Å². The van der Waals surface area contributed by atoms with E-state index in [1.54, 1.807) is 0 Å². The summed E-state index contributed by atoms with van der Waals surface area (Å²) in [5, 5.41) is 76.0. The molecule has 20 heteroatoms. The number of phenolic OH excluding ortho intramolecular Hbond substituents is 6. The van der Waals surface area contributed by atoms with Crippen molar-refractivity contribution < 1.29 is 30.6 Å². The molecule has 0 amide bonds. The summed E-state index contributed by atoms with van der Waals surface area (Å²) in [4.78, 5) is 18.4. The molecule has 0 bridgehead atoms. The maximum atomic E-state index is 10.7. The van der Waals surface area contributed by atoms with Gasteiger partial charge in [0.05, 0.1) is 0 Å². The second-order valence-electron chi connectivity index (χ2n) is 50.3. The highest BCUT2D eigenvalue weighted by Crippen LogP contribution is 2.57. The molecular weight excluding hydrogens is 1900 g/mol. The lowest BCUT2D eigenvalue weighted by Gasteiger charge is -2.35. The first kappa shape index (κ1) is 111. The fourth-order valence-corrected chi connectivity index (χ4v) is 23.6. The predicted molar refractivity (Wildman–Crippen MR) is 625 cm³/mol. The van der Waals surface area contributed by atoms with Gasteiger partial charge in [-0.3, -0.25) is 0 Å². The molecule has 143 heavy (non-hydrogen) atoms. The Morgan fingerprint density at radius 2 is 0.455 bits per heavy atom. The van der Waals surface area contributed by atoms with Crippen LogP contribution in [0.2, 0.25) is 0 Å². The quantitative estimate of drug-likeness (QED) is 0.0722. The fourth-order valence-electron chi connectivity index (χ4n) is 22.2. The summed E-state index contributed by atoms with van der Waals surface area (Å²) < 4.78 is 0. The number of nitrogens with zero attached hydrogens (tertiary/aromatic N) is 8. The van der Waals surface area contributed by atoms with Crippen LogP contribution in [0.4, 0.5) is 45.5 Å². The molecule has 0 spiro atoms. The van der Waals surface area contributed by atoms with Gasteiger partial charge < -0.3 is 69.8 Å². The minimum Gasteiger partial charge on any atom is -0.507 e. The van der Waals surface area contributed by atoms with E-state index in [-0.39, 0.29) is 83.9 Å². The van der Waals surface area contributed by atoms with Crippen molar-refractivity contribution in [2.24, 2.45) is 0 Å². The Morgan fingerprint density at radius 3 is 0.671 bits per heavy atom.